The van der Waals surface area contributed by atoms with Crippen LogP contribution in [0.5, 0.6) is 5.75 Å². The van der Waals surface area contributed by atoms with Gasteiger partial charge in [0.05, 0.1) is 19.3 Å². The summed E-state index contributed by atoms with van der Waals surface area (Å²) in [6.07, 6.45) is -0.487. The molecule has 3 amide bonds. The summed E-state index contributed by atoms with van der Waals surface area (Å²) < 4.78 is 11.2. The molecule has 0 spiro atoms. The van der Waals surface area contributed by atoms with E-state index in [-0.39, 0.29) is 31.0 Å². The number of H-pyrrole nitrogens is 1. The lowest BCUT2D eigenvalue weighted by molar-refractivity contribution is -0.136. The highest BCUT2D eigenvalue weighted by molar-refractivity contribution is 7.99. The van der Waals surface area contributed by atoms with E-state index in [1.165, 1.54) is 11.8 Å². The first-order valence-corrected chi connectivity index (χ1v) is 18.6. The van der Waals surface area contributed by atoms with Crippen molar-refractivity contribution in [2.45, 2.75) is 38.8 Å². The van der Waals surface area contributed by atoms with Crippen LogP contribution in [0.2, 0.25) is 0 Å². The van der Waals surface area contributed by atoms with Gasteiger partial charge in [-0.3, -0.25) is 14.4 Å². The summed E-state index contributed by atoms with van der Waals surface area (Å²) in [5.74, 6) is 0.325. The van der Waals surface area contributed by atoms with E-state index in [1.54, 1.807) is 25.3 Å². The zero-order valence-corrected chi connectivity index (χ0v) is 30.5. The monoisotopic (exact) mass is 727 g/mol. The maximum Gasteiger partial charge on any atom is 0.417 e. The highest BCUT2D eigenvalue weighted by atomic mass is 32.2. The Kier molecular flexibility index (Phi) is 12.2. The second-order valence-corrected chi connectivity index (χ2v) is 13.8. The molecule has 270 valence electrons. The molecule has 0 unspecified atom stereocenters. The van der Waals surface area contributed by atoms with Crippen LogP contribution in [-0.4, -0.2) is 58.2 Å². The van der Waals surface area contributed by atoms with Crippen molar-refractivity contribution in [1.82, 2.24) is 9.88 Å². The summed E-state index contributed by atoms with van der Waals surface area (Å²) in [4.78, 5) is 59.8. The summed E-state index contributed by atoms with van der Waals surface area (Å²) in [5.41, 5.74) is 4.17. The van der Waals surface area contributed by atoms with E-state index in [9.17, 15) is 19.2 Å². The molecule has 0 aliphatic carbocycles. The van der Waals surface area contributed by atoms with Gasteiger partial charge in [0, 0.05) is 27.8 Å². The van der Waals surface area contributed by atoms with Gasteiger partial charge < -0.3 is 19.8 Å². The fourth-order valence-corrected chi connectivity index (χ4v) is 7.13. The fourth-order valence-electron chi connectivity index (χ4n) is 6.27. The minimum atomic E-state index is -1.21. The molecule has 6 aromatic rings. The van der Waals surface area contributed by atoms with Crippen LogP contribution in [0.4, 0.5) is 10.5 Å². The van der Waals surface area contributed by atoms with E-state index in [2.05, 4.69) is 10.3 Å². The van der Waals surface area contributed by atoms with Gasteiger partial charge in [-0.1, -0.05) is 91.0 Å². The van der Waals surface area contributed by atoms with E-state index >= 15 is 0 Å². The van der Waals surface area contributed by atoms with Gasteiger partial charge in [0.2, 0.25) is 11.8 Å². The number of nitrogens with zero attached hydrogens (tertiary/aromatic N) is 1. The number of methoxy groups -OCH3 is 1. The number of ketones is 1. The molecule has 0 radical (unpaired) electrons. The van der Waals surface area contributed by atoms with E-state index < -0.39 is 23.9 Å². The van der Waals surface area contributed by atoms with Crippen LogP contribution in [-0.2, 0) is 27.4 Å². The number of imide groups is 1. The molecule has 0 saturated heterocycles. The van der Waals surface area contributed by atoms with E-state index in [0.29, 0.717) is 34.7 Å². The third kappa shape index (κ3) is 9.33. The molecule has 5 aromatic carbocycles. The van der Waals surface area contributed by atoms with E-state index in [4.69, 9.17) is 9.47 Å². The maximum absolute atomic E-state index is 14.5. The van der Waals surface area contributed by atoms with Gasteiger partial charge >= 0.3 is 6.09 Å². The fraction of sp³-hybridized carbons (Fsp3) is 0.209. The largest absolute Gasteiger partial charge is 0.497 e. The third-order valence-electron chi connectivity index (χ3n) is 9.05. The molecular weight excluding hydrogens is 687 g/mol. The zero-order valence-electron chi connectivity index (χ0n) is 29.7. The van der Waals surface area contributed by atoms with Gasteiger partial charge in [-0.25, -0.2) is 9.69 Å². The number of aromatic amines is 1. The van der Waals surface area contributed by atoms with Gasteiger partial charge in [0.15, 0.2) is 5.78 Å². The van der Waals surface area contributed by atoms with E-state index in [1.807, 2.05) is 110 Å². The molecule has 10 heteroatoms. The smallest absolute Gasteiger partial charge is 0.417 e. The Morgan fingerprint density at radius 2 is 1.55 bits per heavy atom. The number of nitrogens with one attached hydrogen (secondary N) is 2. The lowest BCUT2D eigenvalue weighted by Crippen LogP contribution is -2.51. The predicted molar refractivity (Wildman–Crippen MR) is 210 cm³/mol. The number of aromatic nitrogens is 1. The van der Waals surface area contributed by atoms with Crippen molar-refractivity contribution >= 4 is 62.8 Å². The number of hydrogen-bond donors (Lipinski definition) is 2. The van der Waals surface area contributed by atoms with Crippen LogP contribution in [0, 0.1) is 6.92 Å². The first-order chi connectivity index (χ1) is 25.8. The Morgan fingerprint density at radius 3 is 2.30 bits per heavy atom. The van der Waals surface area contributed by atoms with Crippen LogP contribution in [0.25, 0.3) is 21.7 Å². The lowest BCUT2D eigenvalue weighted by Gasteiger charge is -2.29. The number of thioether (sulfide) groups is 1. The predicted octanol–water partition coefficient (Wildman–Crippen LogP) is 8.75. The quantitative estimate of drug-likeness (QED) is 0.0803. The van der Waals surface area contributed by atoms with Crippen molar-refractivity contribution in [2.24, 2.45) is 0 Å². The van der Waals surface area contributed by atoms with Gasteiger partial charge in [0.1, 0.15) is 18.4 Å². The highest BCUT2D eigenvalue weighted by Gasteiger charge is 2.36. The Balaban J connectivity index is 1.28. The SMILES string of the molecule is COc1ccc2[nH]c(C)c(CC(=O)N(C(=O)OCc3ccccc3)[C@@H](CCCSCC(=O)c3ccccc3)C(=O)Nc3ccc4ccccc4c3)c2c1. The second-order valence-electron chi connectivity index (χ2n) is 12.7. The average molecular weight is 728 g/mol. The van der Waals surface area contributed by atoms with Gasteiger partial charge in [0.25, 0.3) is 0 Å². The topological polar surface area (TPSA) is 118 Å². The number of rotatable bonds is 15. The van der Waals surface area contributed by atoms with Crippen molar-refractivity contribution in [2.75, 3.05) is 23.9 Å². The lowest BCUT2D eigenvalue weighted by atomic mass is 10.0. The summed E-state index contributed by atoms with van der Waals surface area (Å²) in [5, 5.41) is 5.69. The zero-order chi connectivity index (χ0) is 37.2. The first kappa shape index (κ1) is 36.9. The van der Waals surface area contributed by atoms with Crippen LogP contribution >= 0.6 is 11.8 Å². The van der Waals surface area contributed by atoms with Gasteiger partial charge in [-0.05, 0) is 77.7 Å². The molecule has 0 aliphatic heterocycles. The Hall–Kier alpha value is -5.87. The Labute approximate surface area is 312 Å². The number of carbonyl (C=O) groups excluding carboxylic acids is 4. The normalized spacial score (nSPS) is 11.6. The number of benzene rings is 5. The van der Waals surface area contributed by atoms with Crippen molar-refractivity contribution in [3.63, 3.8) is 0 Å². The van der Waals surface area contributed by atoms with Crippen molar-refractivity contribution in [3.8, 4) is 5.75 Å². The molecule has 0 fully saturated rings. The number of anilines is 1. The van der Waals surface area contributed by atoms with Gasteiger partial charge in [-0.15, -0.1) is 0 Å². The number of carbonyl (C=O) groups is 4. The molecule has 1 heterocycles. The van der Waals surface area contributed by atoms with Crippen LogP contribution in [0.1, 0.15) is 40.0 Å². The van der Waals surface area contributed by atoms with Crippen molar-refractivity contribution in [3.05, 3.63) is 144 Å². The molecule has 6 rings (SSSR count). The summed E-state index contributed by atoms with van der Waals surface area (Å²) >= 11 is 1.45. The number of ether oxygens (including phenoxy) is 2. The summed E-state index contributed by atoms with van der Waals surface area (Å²) in [6.45, 7) is 1.79. The third-order valence-corrected chi connectivity index (χ3v) is 10.1. The molecule has 9 nitrogen and oxygen atoms in total. The van der Waals surface area contributed by atoms with Crippen LogP contribution in [0.15, 0.2) is 121 Å². The van der Waals surface area contributed by atoms with Gasteiger partial charge in [-0.2, -0.15) is 11.8 Å². The number of fused-ring (bicyclic) bond motifs is 2. The number of aryl methyl sites for hydroxylation is 1. The number of Topliss-reactive ketones (excluding diaryl/α,β-unsaturated/α-hetero) is 1. The molecule has 0 saturated carbocycles. The first-order valence-electron chi connectivity index (χ1n) is 17.4. The van der Waals surface area contributed by atoms with Crippen molar-refractivity contribution < 1.29 is 28.7 Å². The molecule has 1 aromatic heterocycles. The minimum Gasteiger partial charge on any atom is -0.497 e. The minimum absolute atomic E-state index is 0.00761. The standard InChI is InChI=1S/C43H41N3O6S/c1-29-36(37-25-35(51-2)21-22-38(37)44-29)26-41(48)46(43(50)52-27-30-12-5-3-6-13-30)39(18-11-23-53-28-40(47)32-15-7-4-8-16-32)42(49)45-34-20-19-31-14-9-10-17-33(31)24-34/h3-10,12-17,19-22,24-25,39,44H,11,18,23,26-28H2,1-2H3,(H,45,49)/t39-/m0/s1. The number of hydrogen-bond acceptors (Lipinski definition) is 7. The molecule has 1 atom stereocenters. The van der Waals surface area contributed by atoms with Crippen LogP contribution < -0.4 is 10.1 Å². The molecule has 0 bridgehead atoms. The van der Waals surface area contributed by atoms with E-state index in [0.717, 1.165) is 37.8 Å². The maximum atomic E-state index is 14.5. The van der Waals surface area contributed by atoms with Crippen LogP contribution in [0.3, 0.4) is 0 Å². The molecule has 0 aliphatic rings. The molecular formula is C43H41N3O6S. The highest BCUT2D eigenvalue weighted by Crippen LogP contribution is 2.28. The summed E-state index contributed by atoms with van der Waals surface area (Å²) in [6, 6.07) is 36.0. The Bertz CT molecular complexity index is 2220. The Morgan fingerprint density at radius 1 is 0.830 bits per heavy atom. The molecule has 53 heavy (non-hydrogen) atoms. The molecule has 2 N–H and O–H groups in total. The number of amides is 3. The summed E-state index contributed by atoms with van der Waals surface area (Å²) in [7, 11) is 1.57. The second kappa shape index (κ2) is 17.6. The van der Waals surface area contributed by atoms with Crippen molar-refractivity contribution in [1.29, 1.82) is 0 Å². The average Bonchev–Trinajstić information content (AvgIpc) is 3.49.